The van der Waals surface area contributed by atoms with Crippen LogP contribution in [0.3, 0.4) is 0 Å². The van der Waals surface area contributed by atoms with E-state index in [0.717, 1.165) is 29.9 Å². The SMILES string of the molecule is OCCCNCc1sc2ccccc2c1Cl. The summed E-state index contributed by atoms with van der Waals surface area (Å²) in [6.07, 6.45) is 0.780. The second-order valence-corrected chi connectivity index (χ2v) is 5.10. The van der Waals surface area contributed by atoms with Gasteiger partial charge in [-0.3, -0.25) is 0 Å². The molecule has 0 fully saturated rings. The summed E-state index contributed by atoms with van der Waals surface area (Å²) in [5.41, 5.74) is 0. The maximum atomic E-state index is 8.67. The summed E-state index contributed by atoms with van der Waals surface area (Å²) in [6.45, 7) is 1.83. The summed E-state index contributed by atoms with van der Waals surface area (Å²) < 4.78 is 1.23. The first-order chi connectivity index (χ1) is 7.83. The number of hydrogen-bond acceptors (Lipinski definition) is 3. The smallest absolute Gasteiger partial charge is 0.0636 e. The maximum absolute atomic E-state index is 8.67. The molecule has 0 atom stereocenters. The second kappa shape index (κ2) is 5.64. The second-order valence-electron chi connectivity index (χ2n) is 3.59. The topological polar surface area (TPSA) is 32.3 Å². The first-order valence-electron chi connectivity index (χ1n) is 5.30. The number of benzene rings is 1. The van der Waals surface area contributed by atoms with Gasteiger partial charge in [-0.05, 0) is 19.0 Å². The van der Waals surface area contributed by atoms with Gasteiger partial charge in [-0.15, -0.1) is 11.3 Å². The average Bonchev–Trinajstić information content (AvgIpc) is 2.63. The van der Waals surface area contributed by atoms with Crippen molar-refractivity contribution in [3.63, 3.8) is 0 Å². The van der Waals surface area contributed by atoms with E-state index in [-0.39, 0.29) is 6.61 Å². The normalized spacial score (nSPS) is 11.1. The molecule has 2 N–H and O–H groups in total. The fourth-order valence-corrected chi connectivity index (χ4v) is 3.05. The van der Waals surface area contributed by atoms with Crippen LogP contribution >= 0.6 is 22.9 Å². The molecule has 2 aromatic rings. The van der Waals surface area contributed by atoms with Crippen molar-refractivity contribution in [2.75, 3.05) is 13.2 Å². The molecule has 0 amide bonds. The zero-order chi connectivity index (χ0) is 11.4. The minimum absolute atomic E-state index is 0.229. The Morgan fingerprint density at radius 1 is 1.31 bits per heavy atom. The van der Waals surface area contributed by atoms with Gasteiger partial charge in [0.2, 0.25) is 0 Å². The Labute approximate surface area is 104 Å². The molecule has 0 aliphatic heterocycles. The lowest BCUT2D eigenvalue weighted by atomic mass is 10.2. The van der Waals surface area contributed by atoms with Gasteiger partial charge >= 0.3 is 0 Å². The quantitative estimate of drug-likeness (QED) is 0.805. The predicted octanol–water partition coefficient (Wildman–Crippen LogP) is 3.03. The molecule has 0 radical (unpaired) electrons. The van der Waals surface area contributed by atoms with Crippen LogP contribution in [-0.4, -0.2) is 18.3 Å². The summed E-state index contributed by atoms with van der Waals surface area (Å²) in [6, 6.07) is 8.16. The highest BCUT2D eigenvalue weighted by Gasteiger charge is 2.08. The first-order valence-corrected chi connectivity index (χ1v) is 6.50. The fraction of sp³-hybridized carbons (Fsp3) is 0.333. The summed E-state index contributed by atoms with van der Waals surface area (Å²) in [7, 11) is 0. The van der Waals surface area contributed by atoms with Gasteiger partial charge in [-0.1, -0.05) is 29.8 Å². The minimum atomic E-state index is 0.229. The Balaban J connectivity index is 2.09. The Bertz CT molecular complexity index is 469. The number of hydrogen-bond donors (Lipinski definition) is 2. The van der Waals surface area contributed by atoms with Gasteiger partial charge in [0, 0.05) is 28.1 Å². The van der Waals surface area contributed by atoms with E-state index in [1.165, 1.54) is 9.58 Å². The van der Waals surface area contributed by atoms with Crippen molar-refractivity contribution in [1.29, 1.82) is 0 Å². The van der Waals surface area contributed by atoms with Gasteiger partial charge in [0.1, 0.15) is 0 Å². The van der Waals surface area contributed by atoms with E-state index >= 15 is 0 Å². The van der Waals surface area contributed by atoms with E-state index in [0.29, 0.717) is 0 Å². The molecular formula is C12H14ClNOS. The van der Waals surface area contributed by atoms with Gasteiger partial charge in [0.05, 0.1) is 5.02 Å². The van der Waals surface area contributed by atoms with Gasteiger partial charge in [0.15, 0.2) is 0 Å². The lowest BCUT2D eigenvalue weighted by Gasteiger charge is -2.01. The molecule has 1 aromatic carbocycles. The molecule has 2 rings (SSSR count). The van der Waals surface area contributed by atoms with Crippen molar-refractivity contribution in [1.82, 2.24) is 5.32 Å². The summed E-state index contributed by atoms with van der Waals surface area (Å²) >= 11 is 8.02. The molecule has 0 spiro atoms. The molecule has 0 aliphatic carbocycles. The monoisotopic (exact) mass is 255 g/mol. The Morgan fingerprint density at radius 3 is 2.88 bits per heavy atom. The van der Waals surface area contributed by atoms with E-state index in [9.17, 15) is 0 Å². The summed E-state index contributed by atoms with van der Waals surface area (Å²) in [4.78, 5) is 1.17. The highest BCUT2D eigenvalue weighted by Crippen LogP contribution is 2.34. The molecular weight excluding hydrogens is 242 g/mol. The number of fused-ring (bicyclic) bond motifs is 1. The van der Waals surface area contributed by atoms with Crippen molar-refractivity contribution in [2.24, 2.45) is 0 Å². The summed E-state index contributed by atoms with van der Waals surface area (Å²) in [5, 5.41) is 13.9. The lowest BCUT2D eigenvalue weighted by Crippen LogP contribution is -2.15. The molecule has 86 valence electrons. The maximum Gasteiger partial charge on any atom is 0.0636 e. The van der Waals surface area contributed by atoms with E-state index in [4.69, 9.17) is 16.7 Å². The highest BCUT2D eigenvalue weighted by molar-refractivity contribution is 7.19. The number of nitrogens with one attached hydrogen (secondary N) is 1. The van der Waals surface area contributed by atoms with E-state index in [1.807, 2.05) is 18.2 Å². The lowest BCUT2D eigenvalue weighted by molar-refractivity contribution is 0.286. The molecule has 0 bridgehead atoms. The number of aliphatic hydroxyl groups is 1. The average molecular weight is 256 g/mol. The first kappa shape index (κ1) is 11.9. The molecule has 0 saturated carbocycles. The van der Waals surface area contributed by atoms with Crippen LogP contribution in [0.4, 0.5) is 0 Å². The van der Waals surface area contributed by atoms with Crippen LogP contribution in [0.25, 0.3) is 10.1 Å². The molecule has 0 unspecified atom stereocenters. The van der Waals surface area contributed by atoms with Crippen LogP contribution in [0.2, 0.25) is 5.02 Å². The Morgan fingerprint density at radius 2 is 2.12 bits per heavy atom. The standard InChI is InChI=1S/C12H14ClNOS/c13-12-9-4-1-2-5-10(9)16-11(12)8-14-6-3-7-15/h1-2,4-5,14-15H,3,6-8H2. The van der Waals surface area contributed by atoms with Crippen LogP contribution in [0, 0.1) is 0 Å². The van der Waals surface area contributed by atoms with Crippen molar-refractivity contribution < 1.29 is 5.11 Å². The van der Waals surface area contributed by atoms with Gasteiger partial charge in [0.25, 0.3) is 0 Å². The Hall–Kier alpha value is -0.610. The molecule has 0 aliphatic rings. The van der Waals surface area contributed by atoms with Crippen LogP contribution in [0.5, 0.6) is 0 Å². The van der Waals surface area contributed by atoms with E-state index in [1.54, 1.807) is 11.3 Å². The third-order valence-corrected chi connectivity index (χ3v) is 4.11. The zero-order valence-corrected chi connectivity index (χ0v) is 10.4. The van der Waals surface area contributed by atoms with Crippen molar-refractivity contribution in [3.8, 4) is 0 Å². The van der Waals surface area contributed by atoms with Gasteiger partial charge in [-0.2, -0.15) is 0 Å². The fourth-order valence-electron chi connectivity index (χ4n) is 1.58. The molecule has 0 saturated heterocycles. The summed E-state index contributed by atoms with van der Waals surface area (Å²) in [5.74, 6) is 0. The van der Waals surface area contributed by atoms with Crippen molar-refractivity contribution >= 4 is 33.0 Å². The van der Waals surface area contributed by atoms with Crippen molar-refractivity contribution in [2.45, 2.75) is 13.0 Å². The number of aliphatic hydroxyl groups excluding tert-OH is 1. The number of halogens is 1. The van der Waals surface area contributed by atoms with Gasteiger partial charge < -0.3 is 10.4 Å². The van der Waals surface area contributed by atoms with Crippen LogP contribution in [0.15, 0.2) is 24.3 Å². The highest BCUT2D eigenvalue weighted by atomic mass is 35.5. The van der Waals surface area contributed by atoms with Crippen LogP contribution < -0.4 is 5.32 Å². The molecule has 16 heavy (non-hydrogen) atoms. The predicted molar refractivity (Wildman–Crippen MR) is 70.2 cm³/mol. The third kappa shape index (κ3) is 2.55. The Kier molecular flexibility index (Phi) is 4.18. The van der Waals surface area contributed by atoms with Gasteiger partial charge in [-0.25, -0.2) is 0 Å². The number of rotatable bonds is 5. The third-order valence-electron chi connectivity index (χ3n) is 2.40. The van der Waals surface area contributed by atoms with E-state index < -0.39 is 0 Å². The van der Waals surface area contributed by atoms with Crippen molar-refractivity contribution in [3.05, 3.63) is 34.2 Å². The molecule has 2 nitrogen and oxygen atoms in total. The van der Waals surface area contributed by atoms with Crippen LogP contribution in [0.1, 0.15) is 11.3 Å². The molecule has 1 heterocycles. The largest absolute Gasteiger partial charge is 0.396 e. The zero-order valence-electron chi connectivity index (χ0n) is 8.87. The molecule has 1 aromatic heterocycles. The minimum Gasteiger partial charge on any atom is -0.396 e. The van der Waals surface area contributed by atoms with Crippen LogP contribution in [-0.2, 0) is 6.54 Å². The number of thiophene rings is 1. The van der Waals surface area contributed by atoms with E-state index in [2.05, 4.69) is 11.4 Å². The molecule has 4 heteroatoms.